The van der Waals surface area contributed by atoms with E-state index in [1.165, 1.54) is 0 Å². The Labute approximate surface area is 317 Å². The lowest BCUT2D eigenvalue weighted by Crippen LogP contribution is -2.10. The van der Waals surface area contributed by atoms with Crippen LogP contribution in [0.2, 0.25) is 0 Å². The van der Waals surface area contributed by atoms with E-state index >= 15 is 0 Å². The van der Waals surface area contributed by atoms with Crippen LogP contribution in [0.1, 0.15) is 0 Å². The van der Waals surface area contributed by atoms with Gasteiger partial charge in [-0.2, -0.15) is 0 Å². The van der Waals surface area contributed by atoms with Crippen LogP contribution in [0.15, 0.2) is 203 Å². The third-order valence-corrected chi connectivity index (χ3v) is 10.7. The smallest absolute Gasteiger partial charge is 0.227 e. The second-order valence-electron chi connectivity index (χ2n) is 13.9. The summed E-state index contributed by atoms with van der Waals surface area (Å²) >= 11 is 0. The molecule has 2 aromatic heterocycles. The summed E-state index contributed by atoms with van der Waals surface area (Å²) in [6, 6.07) is 68.2. The molecular weight excluding hydrogens is 673 g/mol. The number of anilines is 3. The van der Waals surface area contributed by atoms with Gasteiger partial charge in [0.05, 0.1) is 0 Å². The summed E-state index contributed by atoms with van der Waals surface area (Å²) in [5, 5.41) is 6.66. The van der Waals surface area contributed by atoms with Gasteiger partial charge in [-0.1, -0.05) is 121 Å². The molecule has 0 aliphatic heterocycles. The van der Waals surface area contributed by atoms with E-state index < -0.39 is 0 Å². The molecular formula is C51H32N2O2. The first-order valence-electron chi connectivity index (χ1n) is 18.5. The third-order valence-electron chi connectivity index (χ3n) is 10.7. The molecule has 0 aliphatic carbocycles. The topological polar surface area (TPSA) is 42.4 Å². The molecule has 0 N–H and O–H groups in total. The number of fused-ring (bicyclic) bond motifs is 8. The van der Waals surface area contributed by atoms with Crippen molar-refractivity contribution in [2.75, 3.05) is 4.90 Å². The molecule has 0 saturated heterocycles. The SMILES string of the molecule is c1ccc(-c2nc3ccc4ccc5ccc(N(c6ccccc6)c6ccc(-c7ccc8c(c7)oc7ccccc78)c(-c7ccccc7)c6)cc5c4c3o2)cc1. The summed E-state index contributed by atoms with van der Waals surface area (Å²) in [6.45, 7) is 0. The van der Waals surface area contributed by atoms with Crippen molar-refractivity contribution >= 4 is 71.6 Å². The molecule has 0 fully saturated rings. The van der Waals surface area contributed by atoms with Gasteiger partial charge in [-0.15, -0.1) is 0 Å². The number of benzene rings is 9. The molecule has 0 unspecified atom stereocenters. The van der Waals surface area contributed by atoms with Crippen LogP contribution in [0.3, 0.4) is 0 Å². The van der Waals surface area contributed by atoms with Crippen LogP contribution in [0.4, 0.5) is 17.1 Å². The van der Waals surface area contributed by atoms with Crippen molar-refractivity contribution in [2.45, 2.75) is 0 Å². The number of aromatic nitrogens is 1. The minimum Gasteiger partial charge on any atom is -0.456 e. The summed E-state index contributed by atoms with van der Waals surface area (Å²) in [5.74, 6) is 0.621. The number of oxazole rings is 1. The first-order valence-corrected chi connectivity index (χ1v) is 18.5. The molecule has 0 bridgehead atoms. The Morgan fingerprint density at radius 1 is 0.382 bits per heavy atom. The van der Waals surface area contributed by atoms with Gasteiger partial charge in [0.15, 0.2) is 5.58 Å². The number of rotatable bonds is 6. The number of hydrogen-bond acceptors (Lipinski definition) is 4. The molecule has 11 rings (SSSR count). The first-order chi connectivity index (χ1) is 27.2. The van der Waals surface area contributed by atoms with Crippen LogP contribution in [0, 0.1) is 0 Å². The predicted molar refractivity (Wildman–Crippen MR) is 227 cm³/mol. The van der Waals surface area contributed by atoms with Gasteiger partial charge >= 0.3 is 0 Å². The molecule has 0 radical (unpaired) electrons. The second kappa shape index (κ2) is 12.6. The van der Waals surface area contributed by atoms with E-state index in [1.807, 2.05) is 42.5 Å². The van der Waals surface area contributed by atoms with Crippen molar-refractivity contribution in [1.82, 2.24) is 4.98 Å². The van der Waals surface area contributed by atoms with E-state index in [0.717, 1.165) is 99.5 Å². The lowest BCUT2D eigenvalue weighted by Gasteiger charge is -2.27. The summed E-state index contributed by atoms with van der Waals surface area (Å²) in [4.78, 5) is 7.25. The number of para-hydroxylation sites is 2. The maximum Gasteiger partial charge on any atom is 0.227 e. The van der Waals surface area contributed by atoms with Gasteiger partial charge < -0.3 is 13.7 Å². The highest BCUT2D eigenvalue weighted by Gasteiger charge is 2.19. The lowest BCUT2D eigenvalue weighted by atomic mass is 9.93. The molecule has 2 heterocycles. The first kappa shape index (κ1) is 31.1. The van der Waals surface area contributed by atoms with Crippen LogP contribution < -0.4 is 4.90 Å². The Balaban J connectivity index is 1.11. The third kappa shape index (κ3) is 5.26. The van der Waals surface area contributed by atoms with Crippen LogP contribution in [-0.4, -0.2) is 4.98 Å². The highest BCUT2D eigenvalue weighted by atomic mass is 16.3. The lowest BCUT2D eigenvalue weighted by molar-refractivity contribution is 0.623. The van der Waals surface area contributed by atoms with Crippen molar-refractivity contribution in [3.8, 4) is 33.7 Å². The fraction of sp³-hybridized carbons (Fsp3) is 0. The highest BCUT2D eigenvalue weighted by molar-refractivity contribution is 6.18. The normalized spacial score (nSPS) is 11.6. The molecule has 55 heavy (non-hydrogen) atoms. The van der Waals surface area contributed by atoms with Gasteiger partial charge in [0, 0.05) is 38.8 Å². The standard InChI is InChI=1S/C51H32N2O2/c1-4-12-33(13-5-1)44-31-40(26-28-41(44)37-23-27-43-42-18-10-11-19-47(42)54-48(43)30-37)53(38-16-8-3-9-17-38)39-25-22-34-20-21-35-24-29-46-50(49(35)45(34)32-39)55-51(52-46)36-14-6-2-7-15-36/h1-32H. The summed E-state index contributed by atoms with van der Waals surface area (Å²) in [5.41, 5.74) is 12.0. The zero-order chi connectivity index (χ0) is 36.3. The van der Waals surface area contributed by atoms with E-state index in [0.29, 0.717) is 5.89 Å². The van der Waals surface area contributed by atoms with E-state index in [9.17, 15) is 0 Å². The van der Waals surface area contributed by atoms with Crippen molar-refractivity contribution in [2.24, 2.45) is 0 Å². The summed E-state index contributed by atoms with van der Waals surface area (Å²) in [7, 11) is 0. The fourth-order valence-electron chi connectivity index (χ4n) is 8.05. The van der Waals surface area contributed by atoms with Gasteiger partial charge in [0.2, 0.25) is 5.89 Å². The van der Waals surface area contributed by atoms with Crippen molar-refractivity contribution in [3.63, 3.8) is 0 Å². The Hall–Kier alpha value is -7.43. The summed E-state index contributed by atoms with van der Waals surface area (Å²) < 4.78 is 12.9. The molecule has 4 heteroatoms. The quantitative estimate of drug-likeness (QED) is 0.162. The van der Waals surface area contributed by atoms with E-state index in [1.54, 1.807) is 0 Å². The molecule has 11 aromatic rings. The Kier molecular flexibility index (Phi) is 7.14. The Morgan fingerprint density at radius 2 is 1.04 bits per heavy atom. The van der Waals surface area contributed by atoms with Crippen LogP contribution in [0.25, 0.3) is 88.3 Å². The van der Waals surface area contributed by atoms with Crippen LogP contribution in [-0.2, 0) is 0 Å². The maximum atomic E-state index is 6.58. The Bertz CT molecular complexity index is 3200. The average Bonchev–Trinajstić information content (AvgIpc) is 3.86. The second-order valence-corrected chi connectivity index (χ2v) is 13.9. The summed E-state index contributed by atoms with van der Waals surface area (Å²) in [6.07, 6.45) is 0. The molecule has 0 amide bonds. The molecule has 0 spiro atoms. The van der Waals surface area contributed by atoms with Gasteiger partial charge in [0.1, 0.15) is 16.7 Å². The largest absolute Gasteiger partial charge is 0.456 e. The predicted octanol–water partition coefficient (Wildman–Crippen LogP) is 14.5. The highest BCUT2D eigenvalue weighted by Crippen LogP contribution is 2.44. The van der Waals surface area contributed by atoms with Gasteiger partial charge in [-0.3, -0.25) is 0 Å². The van der Waals surface area contributed by atoms with E-state index in [2.05, 4.69) is 157 Å². The number of furan rings is 1. The maximum absolute atomic E-state index is 6.58. The number of hydrogen-bond donors (Lipinski definition) is 0. The van der Waals surface area contributed by atoms with Crippen molar-refractivity contribution in [3.05, 3.63) is 194 Å². The Morgan fingerprint density at radius 3 is 1.87 bits per heavy atom. The average molecular weight is 705 g/mol. The van der Waals surface area contributed by atoms with Gasteiger partial charge in [-0.25, -0.2) is 4.98 Å². The molecule has 9 aromatic carbocycles. The van der Waals surface area contributed by atoms with Crippen molar-refractivity contribution in [1.29, 1.82) is 0 Å². The molecule has 0 aliphatic rings. The fourth-order valence-corrected chi connectivity index (χ4v) is 8.05. The molecule has 4 nitrogen and oxygen atoms in total. The van der Waals surface area contributed by atoms with Gasteiger partial charge in [-0.05, 0) is 111 Å². The monoisotopic (exact) mass is 704 g/mol. The van der Waals surface area contributed by atoms with E-state index in [-0.39, 0.29) is 0 Å². The van der Waals surface area contributed by atoms with E-state index in [4.69, 9.17) is 13.8 Å². The minimum atomic E-state index is 0.621. The molecule has 258 valence electrons. The minimum absolute atomic E-state index is 0.621. The zero-order valence-electron chi connectivity index (χ0n) is 29.7. The van der Waals surface area contributed by atoms with Gasteiger partial charge in [0.25, 0.3) is 0 Å². The molecule has 0 saturated carbocycles. The number of nitrogens with zero attached hydrogens (tertiary/aromatic N) is 2. The zero-order valence-corrected chi connectivity index (χ0v) is 29.7. The molecule has 0 atom stereocenters. The van der Waals surface area contributed by atoms with Crippen LogP contribution in [0.5, 0.6) is 0 Å². The van der Waals surface area contributed by atoms with Crippen LogP contribution >= 0.6 is 0 Å². The van der Waals surface area contributed by atoms with Crippen molar-refractivity contribution < 1.29 is 8.83 Å².